The molecule has 1 aliphatic rings. The molecule has 0 aliphatic carbocycles. The molecule has 2 aromatic carbocycles. The van der Waals surface area contributed by atoms with Gasteiger partial charge in [0.25, 0.3) is 5.92 Å². The van der Waals surface area contributed by atoms with Crippen LogP contribution in [-0.4, -0.2) is 18.3 Å². The van der Waals surface area contributed by atoms with Crippen molar-refractivity contribution in [1.29, 1.82) is 0 Å². The average Bonchev–Trinajstić information content (AvgIpc) is 2.76. The Kier molecular flexibility index (Phi) is 4.24. The van der Waals surface area contributed by atoms with Crippen LogP contribution in [0.25, 0.3) is 0 Å². The van der Waals surface area contributed by atoms with E-state index in [-0.39, 0.29) is 11.1 Å². The highest BCUT2D eigenvalue weighted by molar-refractivity contribution is 6.62. The predicted molar refractivity (Wildman–Crippen MR) is 91.6 cm³/mol. The van der Waals surface area contributed by atoms with Crippen LogP contribution < -0.4 is 5.46 Å². The SMILES string of the molecule is CC1(C)OB(c2ccc(C(F)(F)c3ccc(F)cc3)cc2)OC1(C)C. The van der Waals surface area contributed by atoms with E-state index in [0.29, 0.717) is 5.46 Å². The van der Waals surface area contributed by atoms with Gasteiger partial charge in [-0.3, -0.25) is 0 Å². The van der Waals surface area contributed by atoms with Crippen molar-refractivity contribution in [3.8, 4) is 0 Å². The van der Waals surface area contributed by atoms with Crippen LogP contribution in [0.3, 0.4) is 0 Å². The minimum atomic E-state index is -3.21. The summed E-state index contributed by atoms with van der Waals surface area (Å²) in [6, 6.07) is 10.1. The Morgan fingerprint density at radius 1 is 0.760 bits per heavy atom. The van der Waals surface area contributed by atoms with E-state index in [2.05, 4.69) is 0 Å². The van der Waals surface area contributed by atoms with Crippen molar-refractivity contribution in [2.45, 2.75) is 44.8 Å². The molecule has 2 aromatic rings. The molecule has 132 valence electrons. The Morgan fingerprint density at radius 2 is 1.16 bits per heavy atom. The Bertz CT molecular complexity index is 739. The maximum Gasteiger partial charge on any atom is 0.494 e. The van der Waals surface area contributed by atoms with Crippen molar-refractivity contribution in [1.82, 2.24) is 0 Å². The molecule has 0 aromatic heterocycles. The summed E-state index contributed by atoms with van der Waals surface area (Å²) in [4.78, 5) is 0. The molecular weight excluding hydrogens is 328 g/mol. The first kappa shape index (κ1) is 18.0. The second-order valence-electron chi connectivity index (χ2n) is 7.29. The summed E-state index contributed by atoms with van der Waals surface area (Å²) < 4.78 is 54.0. The fraction of sp³-hybridized carbons (Fsp3) is 0.368. The lowest BCUT2D eigenvalue weighted by Crippen LogP contribution is -2.41. The van der Waals surface area contributed by atoms with Crippen LogP contribution in [-0.2, 0) is 15.2 Å². The van der Waals surface area contributed by atoms with Crippen LogP contribution in [0.15, 0.2) is 48.5 Å². The lowest BCUT2D eigenvalue weighted by Gasteiger charge is -2.32. The van der Waals surface area contributed by atoms with Gasteiger partial charge in [-0.2, -0.15) is 8.78 Å². The molecule has 0 unspecified atom stereocenters. The van der Waals surface area contributed by atoms with Crippen LogP contribution >= 0.6 is 0 Å². The summed E-state index contributed by atoms with van der Waals surface area (Å²) in [6.45, 7) is 7.74. The molecule has 0 atom stereocenters. The molecule has 0 bridgehead atoms. The van der Waals surface area contributed by atoms with Crippen LogP contribution in [0, 0.1) is 5.82 Å². The summed E-state index contributed by atoms with van der Waals surface area (Å²) in [6.07, 6.45) is 0. The number of hydrogen-bond donors (Lipinski definition) is 0. The lowest BCUT2D eigenvalue weighted by molar-refractivity contribution is 0.00578. The molecule has 6 heteroatoms. The summed E-state index contributed by atoms with van der Waals surface area (Å²) >= 11 is 0. The van der Waals surface area contributed by atoms with Gasteiger partial charge in [-0.15, -0.1) is 0 Å². The molecule has 1 aliphatic heterocycles. The van der Waals surface area contributed by atoms with Crippen molar-refractivity contribution in [3.05, 3.63) is 65.5 Å². The fourth-order valence-electron chi connectivity index (χ4n) is 2.65. The van der Waals surface area contributed by atoms with Gasteiger partial charge in [-0.25, -0.2) is 4.39 Å². The fourth-order valence-corrected chi connectivity index (χ4v) is 2.65. The summed E-state index contributed by atoms with van der Waals surface area (Å²) in [5.74, 6) is -3.75. The van der Waals surface area contributed by atoms with Crippen LogP contribution in [0.5, 0.6) is 0 Å². The van der Waals surface area contributed by atoms with Crippen molar-refractivity contribution in [3.63, 3.8) is 0 Å². The molecule has 0 spiro atoms. The van der Waals surface area contributed by atoms with E-state index in [1.54, 1.807) is 12.1 Å². The Hall–Kier alpha value is -1.79. The molecule has 2 nitrogen and oxygen atoms in total. The molecule has 1 saturated heterocycles. The normalized spacial score (nSPS) is 19.2. The largest absolute Gasteiger partial charge is 0.494 e. The molecule has 1 fully saturated rings. The highest BCUT2D eigenvalue weighted by Gasteiger charge is 2.51. The van der Waals surface area contributed by atoms with E-state index >= 15 is 0 Å². The van der Waals surface area contributed by atoms with Crippen molar-refractivity contribution in [2.75, 3.05) is 0 Å². The number of hydrogen-bond acceptors (Lipinski definition) is 2. The van der Waals surface area contributed by atoms with Gasteiger partial charge in [-0.1, -0.05) is 24.3 Å². The number of alkyl halides is 2. The third-order valence-electron chi connectivity index (χ3n) is 5.01. The van der Waals surface area contributed by atoms with E-state index in [1.165, 1.54) is 12.1 Å². The van der Waals surface area contributed by atoms with Gasteiger partial charge in [0.05, 0.1) is 11.2 Å². The molecule has 0 amide bonds. The maximum absolute atomic E-state index is 14.6. The van der Waals surface area contributed by atoms with Gasteiger partial charge >= 0.3 is 7.12 Å². The highest BCUT2D eigenvalue weighted by atomic mass is 19.3. The maximum atomic E-state index is 14.6. The lowest BCUT2D eigenvalue weighted by atomic mass is 9.78. The topological polar surface area (TPSA) is 18.5 Å². The molecule has 3 rings (SSSR count). The van der Waals surface area contributed by atoms with Gasteiger partial charge in [-0.05, 0) is 57.4 Å². The van der Waals surface area contributed by atoms with Gasteiger partial charge in [0, 0.05) is 11.1 Å². The number of halogens is 3. The van der Waals surface area contributed by atoms with Crippen LogP contribution in [0.4, 0.5) is 13.2 Å². The molecule has 0 radical (unpaired) electrons. The average molecular weight is 348 g/mol. The third-order valence-corrected chi connectivity index (χ3v) is 5.01. The second kappa shape index (κ2) is 5.89. The van der Waals surface area contributed by atoms with E-state index in [9.17, 15) is 13.2 Å². The zero-order valence-electron chi connectivity index (χ0n) is 14.6. The summed E-state index contributed by atoms with van der Waals surface area (Å²) in [5, 5.41) is 0. The predicted octanol–water partition coefficient (Wildman–Crippen LogP) is 4.27. The van der Waals surface area contributed by atoms with Gasteiger partial charge in [0.15, 0.2) is 0 Å². The molecular formula is C19H20BF3O2. The summed E-state index contributed by atoms with van der Waals surface area (Å²) in [5.41, 5.74) is -0.725. The van der Waals surface area contributed by atoms with Gasteiger partial charge < -0.3 is 9.31 Å². The number of benzene rings is 2. The smallest absolute Gasteiger partial charge is 0.399 e. The quantitative estimate of drug-likeness (QED) is 0.772. The van der Waals surface area contributed by atoms with E-state index in [0.717, 1.165) is 24.3 Å². The Balaban J connectivity index is 1.84. The van der Waals surface area contributed by atoms with E-state index < -0.39 is 30.1 Å². The Labute approximate surface area is 146 Å². The third kappa shape index (κ3) is 3.21. The van der Waals surface area contributed by atoms with Crippen LogP contribution in [0.1, 0.15) is 38.8 Å². The van der Waals surface area contributed by atoms with E-state index in [1.807, 2.05) is 27.7 Å². The standard InChI is InChI=1S/C19H20BF3O2/c1-17(2)18(3,4)25-20(24-17)15-9-5-13(6-10-15)19(22,23)14-7-11-16(21)12-8-14/h5-12H,1-4H3. The first-order chi connectivity index (χ1) is 11.5. The number of rotatable bonds is 3. The van der Waals surface area contributed by atoms with Gasteiger partial charge in [0.1, 0.15) is 5.82 Å². The minimum absolute atomic E-state index is 0.167. The first-order valence-electron chi connectivity index (χ1n) is 8.13. The zero-order chi connectivity index (χ0) is 18.5. The zero-order valence-corrected chi connectivity index (χ0v) is 14.6. The molecule has 1 heterocycles. The van der Waals surface area contributed by atoms with Crippen molar-refractivity contribution in [2.24, 2.45) is 0 Å². The van der Waals surface area contributed by atoms with E-state index in [4.69, 9.17) is 9.31 Å². The molecule has 0 N–H and O–H groups in total. The summed E-state index contributed by atoms with van der Waals surface area (Å²) in [7, 11) is -0.599. The highest BCUT2D eigenvalue weighted by Crippen LogP contribution is 2.37. The first-order valence-corrected chi connectivity index (χ1v) is 8.13. The van der Waals surface area contributed by atoms with Crippen molar-refractivity contribution < 1.29 is 22.5 Å². The molecule has 25 heavy (non-hydrogen) atoms. The van der Waals surface area contributed by atoms with Crippen molar-refractivity contribution >= 4 is 12.6 Å². The Morgan fingerprint density at radius 3 is 1.60 bits per heavy atom. The van der Waals surface area contributed by atoms with Gasteiger partial charge in [0.2, 0.25) is 0 Å². The monoisotopic (exact) mass is 348 g/mol. The second-order valence-corrected chi connectivity index (χ2v) is 7.29. The van der Waals surface area contributed by atoms with Crippen LogP contribution in [0.2, 0.25) is 0 Å². The minimum Gasteiger partial charge on any atom is -0.399 e. The molecule has 0 saturated carbocycles.